The Morgan fingerprint density at radius 3 is 2.36 bits per heavy atom. The number of carboxylic acid groups (broad SMARTS) is 2. The predicted octanol–water partition coefficient (Wildman–Crippen LogP) is -0.196. The monoisotopic (exact) mass is 397 g/mol. The molecule has 2 heterocycles. The van der Waals surface area contributed by atoms with E-state index in [1.54, 1.807) is 4.90 Å². The Balaban J connectivity index is 1.54. The molecule has 0 bridgehead atoms. The second kappa shape index (κ2) is 7.57. The second-order valence-corrected chi connectivity index (χ2v) is 8.07. The first-order chi connectivity index (χ1) is 13.2. The van der Waals surface area contributed by atoms with E-state index in [0.29, 0.717) is 13.1 Å². The summed E-state index contributed by atoms with van der Waals surface area (Å²) in [5.74, 6) is -1.96. The Morgan fingerprint density at radius 2 is 1.82 bits per heavy atom. The van der Waals surface area contributed by atoms with E-state index >= 15 is 0 Å². The molecule has 0 aromatic rings. The molecule has 1 spiro atoms. The standard InChI is InChI=1S/C18H27N3O7/c1-11-15(24)20(12(16(25)26)9-21(11)17(27)28)7-2-3-14(23)19-8-6-18(4-5-18)13(22)10-19/h11-13,22H,2-10H2,1H3,(H,25,26)(H,27,28)/t11-,12-,13-/m1/s1. The largest absolute Gasteiger partial charge is 0.480 e. The Bertz CT molecular complexity index is 678. The molecule has 3 N–H and O–H groups in total. The average molecular weight is 397 g/mol. The summed E-state index contributed by atoms with van der Waals surface area (Å²) in [6.45, 7) is 2.13. The molecule has 1 saturated carbocycles. The number of carbonyl (C=O) groups is 4. The molecule has 3 fully saturated rings. The summed E-state index contributed by atoms with van der Waals surface area (Å²) >= 11 is 0. The SMILES string of the molecule is C[C@@H]1C(=O)N(CCCC(=O)N2CCC3(CC3)[C@H](O)C2)[C@@H](C(=O)O)CN1C(=O)O. The number of β-amino-alcohol motifs (C(OH)–C–C–N with tert-alkyl or cyclic N) is 1. The fourth-order valence-electron chi connectivity index (χ4n) is 4.24. The Kier molecular flexibility index (Phi) is 5.51. The van der Waals surface area contributed by atoms with Gasteiger partial charge in [-0.1, -0.05) is 0 Å². The number of hydrogen-bond acceptors (Lipinski definition) is 5. The van der Waals surface area contributed by atoms with Crippen molar-refractivity contribution in [3.8, 4) is 0 Å². The van der Waals surface area contributed by atoms with Crippen molar-refractivity contribution in [2.45, 2.75) is 57.2 Å². The van der Waals surface area contributed by atoms with Crippen LogP contribution in [0.4, 0.5) is 4.79 Å². The van der Waals surface area contributed by atoms with Gasteiger partial charge in [0, 0.05) is 26.1 Å². The Labute approximate surface area is 162 Å². The maximum absolute atomic E-state index is 12.5. The fraction of sp³-hybridized carbons (Fsp3) is 0.778. The minimum Gasteiger partial charge on any atom is -0.480 e. The van der Waals surface area contributed by atoms with Gasteiger partial charge in [0.15, 0.2) is 0 Å². The van der Waals surface area contributed by atoms with E-state index in [9.17, 15) is 29.4 Å². The van der Waals surface area contributed by atoms with E-state index in [2.05, 4.69) is 0 Å². The number of carboxylic acids is 1. The zero-order chi connectivity index (χ0) is 20.6. The summed E-state index contributed by atoms with van der Waals surface area (Å²) in [7, 11) is 0. The number of carbonyl (C=O) groups excluding carboxylic acids is 2. The van der Waals surface area contributed by atoms with Crippen LogP contribution in [0.5, 0.6) is 0 Å². The van der Waals surface area contributed by atoms with Gasteiger partial charge in [0.05, 0.1) is 12.6 Å². The molecule has 3 amide bonds. The van der Waals surface area contributed by atoms with Crippen molar-refractivity contribution in [1.29, 1.82) is 0 Å². The molecule has 0 unspecified atom stereocenters. The number of aliphatic hydroxyl groups is 1. The molecule has 3 atom stereocenters. The molecule has 3 aliphatic rings. The lowest BCUT2D eigenvalue weighted by Crippen LogP contribution is -2.64. The number of amides is 3. The van der Waals surface area contributed by atoms with Crippen LogP contribution in [-0.2, 0) is 14.4 Å². The van der Waals surface area contributed by atoms with E-state index in [4.69, 9.17) is 5.11 Å². The number of aliphatic carboxylic acids is 1. The first kappa shape index (κ1) is 20.4. The van der Waals surface area contributed by atoms with Crippen LogP contribution in [0.2, 0.25) is 0 Å². The van der Waals surface area contributed by atoms with Crippen molar-refractivity contribution in [3.05, 3.63) is 0 Å². The van der Waals surface area contributed by atoms with Gasteiger partial charge in [-0.3, -0.25) is 14.5 Å². The lowest BCUT2D eigenvalue weighted by atomic mass is 9.90. The molecule has 1 aliphatic carbocycles. The van der Waals surface area contributed by atoms with Gasteiger partial charge in [-0.05, 0) is 38.0 Å². The van der Waals surface area contributed by atoms with Crippen LogP contribution in [0.25, 0.3) is 0 Å². The summed E-state index contributed by atoms with van der Waals surface area (Å²) in [6.07, 6.45) is 1.42. The molecule has 10 nitrogen and oxygen atoms in total. The molecule has 2 aliphatic heterocycles. The predicted molar refractivity (Wildman–Crippen MR) is 95.4 cm³/mol. The highest BCUT2D eigenvalue weighted by Gasteiger charge is 2.51. The van der Waals surface area contributed by atoms with Gasteiger partial charge in [-0.15, -0.1) is 0 Å². The van der Waals surface area contributed by atoms with Gasteiger partial charge in [0.25, 0.3) is 0 Å². The van der Waals surface area contributed by atoms with Crippen LogP contribution >= 0.6 is 0 Å². The molecular formula is C18H27N3O7. The summed E-state index contributed by atoms with van der Waals surface area (Å²) < 4.78 is 0. The van der Waals surface area contributed by atoms with Crippen LogP contribution in [0.3, 0.4) is 0 Å². The first-order valence-corrected chi connectivity index (χ1v) is 9.65. The number of aliphatic hydroxyl groups excluding tert-OH is 1. The highest BCUT2D eigenvalue weighted by Crippen LogP contribution is 2.53. The van der Waals surface area contributed by atoms with Gasteiger partial charge in [-0.25, -0.2) is 9.59 Å². The zero-order valence-corrected chi connectivity index (χ0v) is 15.9. The number of hydrogen-bond donors (Lipinski definition) is 3. The second-order valence-electron chi connectivity index (χ2n) is 8.07. The van der Waals surface area contributed by atoms with E-state index < -0.39 is 36.2 Å². The van der Waals surface area contributed by atoms with Gasteiger partial charge < -0.3 is 25.1 Å². The summed E-state index contributed by atoms with van der Waals surface area (Å²) in [6, 6.07) is -2.22. The number of rotatable bonds is 5. The minimum absolute atomic E-state index is 0.0118. The molecule has 2 saturated heterocycles. The highest BCUT2D eigenvalue weighted by molar-refractivity contribution is 5.91. The van der Waals surface area contributed by atoms with Crippen LogP contribution in [0.15, 0.2) is 0 Å². The topological polar surface area (TPSA) is 139 Å². The number of likely N-dealkylation sites (tertiary alicyclic amines) is 1. The van der Waals surface area contributed by atoms with E-state index in [-0.39, 0.29) is 37.3 Å². The lowest BCUT2D eigenvalue weighted by molar-refractivity contribution is -0.158. The van der Waals surface area contributed by atoms with Gasteiger partial charge in [-0.2, -0.15) is 0 Å². The van der Waals surface area contributed by atoms with Crippen LogP contribution in [0, 0.1) is 5.41 Å². The van der Waals surface area contributed by atoms with Crippen molar-refractivity contribution in [2.75, 3.05) is 26.2 Å². The van der Waals surface area contributed by atoms with Gasteiger partial charge >= 0.3 is 12.1 Å². The number of piperidine rings is 1. The molecule has 10 heteroatoms. The zero-order valence-electron chi connectivity index (χ0n) is 15.9. The molecular weight excluding hydrogens is 370 g/mol. The number of nitrogens with zero attached hydrogens (tertiary/aromatic N) is 3. The van der Waals surface area contributed by atoms with Crippen molar-refractivity contribution >= 4 is 23.9 Å². The maximum atomic E-state index is 12.5. The molecule has 3 rings (SSSR count). The van der Waals surface area contributed by atoms with Gasteiger partial charge in [0.1, 0.15) is 12.1 Å². The molecule has 28 heavy (non-hydrogen) atoms. The summed E-state index contributed by atoms with van der Waals surface area (Å²) in [4.78, 5) is 51.3. The third-order valence-corrected chi connectivity index (χ3v) is 6.40. The third-order valence-electron chi connectivity index (χ3n) is 6.40. The maximum Gasteiger partial charge on any atom is 0.408 e. The summed E-state index contributed by atoms with van der Waals surface area (Å²) in [5.41, 5.74) is 0.0118. The van der Waals surface area contributed by atoms with Crippen molar-refractivity contribution < 1.29 is 34.5 Å². The lowest BCUT2D eigenvalue weighted by Gasteiger charge is -2.41. The van der Waals surface area contributed by atoms with E-state index in [0.717, 1.165) is 29.1 Å². The third kappa shape index (κ3) is 3.78. The Morgan fingerprint density at radius 1 is 1.14 bits per heavy atom. The van der Waals surface area contributed by atoms with Crippen molar-refractivity contribution in [1.82, 2.24) is 14.7 Å². The molecule has 0 aromatic carbocycles. The van der Waals surface area contributed by atoms with E-state index in [1.807, 2.05) is 0 Å². The quantitative estimate of drug-likeness (QED) is 0.584. The molecule has 0 radical (unpaired) electrons. The van der Waals surface area contributed by atoms with Crippen LogP contribution in [-0.4, -0.2) is 98.3 Å². The van der Waals surface area contributed by atoms with Gasteiger partial charge in [0.2, 0.25) is 11.8 Å². The molecule has 156 valence electrons. The Hall–Kier alpha value is -2.36. The highest BCUT2D eigenvalue weighted by atomic mass is 16.4. The number of piperazine rings is 1. The van der Waals surface area contributed by atoms with E-state index in [1.165, 1.54) is 6.92 Å². The summed E-state index contributed by atoms with van der Waals surface area (Å²) in [5, 5.41) is 28.8. The minimum atomic E-state index is -1.33. The van der Waals surface area contributed by atoms with Crippen molar-refractivity contribution in [3.63, 3.8) is 0 Å². The smallest absolute Gasteiger partial charge is 0.408 e. The van der Waals surface area contributed by atoms with Crippen LogP contribution in [0.1, 0.15) is 39.0 Å². The van der Waals surface area contributed by atoms with Crippen molar-refractivity contribution in [2.24, 2.45) is 5.41 Å². The normalized spacial score (nSPS) is 29.1. The first-order valence-electron chi connectivity index (χ1n) is 9.65. The molecule has 0 aromatic heterocycles. The average Bonchev–Trinajstić information content (AvgIpc) is 3.41. The van der Waals surface area contributed by atoms with Crippen LogP contribution < -0.4 is 0 Å². The fourth-order valence-corrected chi connectivity index (χ4v) is 4.24.